The zero-order valence-corrected chi connectivity index (χ0v) is 14.1. The fourth-order valence-electron chi connectivity index (χ4n) is 3.49. The van der Waals surface area contributed by atoms with E-state index in [0.29, 0.717) is 0 Å². The minimum Gasteiger partial charge on any atom is -0.314 e. The number of thioether (sulfide) groups is 1. The van der Waals surface area contributed by atoms with Crippen molar-refractivity contribution in [2.24, 2.45) is 5.92 Å². The van der Waals surface area contributed by atoms with Crippen molar-refractivity contribution in [2.75, 3.05) is 12.3 Å². The summed E-state index contributed by atoms with van der Waals surface area (Å²) in [6, 6.07) is 7.71. The molecule has 2 rings (SSSR count). The predicted molar refractivity (Wildman–Crippen MR) is 91.5 cm³/mol. The first-order chi connectivity index (χ1) is 9.69. The molecule has 1 fully saturated rings. The Labute approximate surface area is 128 Å². The van der Waals surface area contributed by atoms with Gasteiger partial charge in [-0.1, -0.05) is 42.7 Å². The average Bonchev–Trinajstić information content (AvgIpc) is 2.82. The minimum absolute atomic E-state index is 0.793. The summed E-state index contributed by atoms with van der Waals surface area (Å²) in [5.74, 6) is 3.39. The molecule has 2 heteroatoms. The molecule has 0 radical (unpaired) electrons. The molecule has 1 N–H and O–H groups in total. The second kappa shape index (κ2) is 8.09. The number of nitrogens with one attached hydrogen (secondary N) is 1. The first-order valence-electron chi connectivity index (χ1n) is 8.07. The van der Waals surface area contributed by atoms with E-state index in [-0.39, 0.29) is 0 Å². The third-order valence-electron chi connectivity index (χ3n) is 4.31. The molecule has 0 amide bonds. The van der Waals surface area contributed by atoms with Gasteiger partial charge >= 0.3 is 0 Å². The van der Waals surface area contributed by atoms with E-state index in [4.69, 9.17) is 0 Å². The van der Waals surface area contributed by atoms with Crippen molar-refractivity contribution in [3.63, 3.8) is 0 Å². The van der Waals surface area contributed by atoms with Gasteiger partial charge in [0.2, 0.25) is 0 Å². The average molecular weight is 292 g/mol. The maximum atomic E-state index is 3.66. The lowest BCUT2D eigenvalue weighted by atomic mass is 10.0. The predicted octanol–water partition coefficient (Wildman–Crippen LogP) is 4.70. The zero-order valence-electron chi connectivity index (χ0n) is 13.2. The maximum absolute atomic E-state index is 3.66. The van der Waals surface area contributed by atoms with Crippen LogP contribution in [0.5, 0.6) is 0 Å². The SMILES string of the molecule is CCNC1CCCC1CCSCc1cc(C)cc(C)c1. The lowest BCUT2D eigenvalue weighted by Gasteiger charge is -2.20. The summed E-state index contributed by atoms with van der Waals surface area (Å²) < 4.78 is 0. The highest BCUT2D eigenvalue weighted by Gasteiger charge is 2.25. The van der Waals surface area contributed by atoms with E-state index in [1.807, 2.05) is 0 Å². The molecule has 0 aliphatic heterocycles. The van der Waals surface area contributed by atoms with Crippen molar-refractivity contribution in [1.29, 1.82) is 0 Å². The Bertz CT molecular complexity index is 396. The number of benzene rings is 1. The highest BCUT2D eigenvalue weighted by atomic mass is 32.2. The molecule has 0 heterocycles. The minimum atomic E-state index is 0.793. The van der Waals surface area contributed by atoms with Crippen LogP contribution in [0.2, 0.25) is 0 Å². The topological polar surface area (TPSA) is 12.0 Å². The van der Waals surface area contributed by atoms with E-state index in [1.54, 1.807) is 0 Å². The third kappa shape index (κ3) is 4.82. The molecule has 1 saturated carbocycles. The normalized spacial score (nSPS) is 22.4. The number of aryl methyl sites for hydroxylation is 2. The fraction of sp³-hybridized carbons (Fsp3) is 0.667. The number of rotatable bonds is 7. The molecule has 20 heavy (non-hydrogen) atoms. The quantitative estimate of drug-likeness (QED) is 0.730. The van der Waals surface area contributed by atoms with Gasteiger partial charge in [0, 0.05) is 11.8 Å². The first-order valence-corrected chi connectivity index (χ1v) is 9.23. The molecule has 0 spiro atoms. The molecule has 2 unspecified atom stereocenters. The molecule has 1 aromatic carbocycles. The molecule has 1 aromatic rings. The summed E-state index contributed by atoms with van der Waals surface area (Å²) in [6.07, 6.45) is 5.62. The van der Waals surface area contributed by atoms with Gasteiger partial charge in [-0.3, -0.25) is 0 Å². The molecule has 2 atom stereocenters. The largest absolute Gasteiger partial charge is 0.314 e. The lowest BCUT2D eigenvalue weighted by molar-refractivity contribution is 0.400. The Morgan fingerprint density at radius 3 is 2.60 bits per heavy atom. The Kier molecular flexibility index (Phi) is 6.44. The van der Waals surface area contributed by atoms with Gasteiger partial charge in [0.1, 0.15) is 0 Å². The zero-order chi connectivity index (χ0) is 14.4. The van der Waals surface area contributed by atoms with Crippen molar-refractivity contribution in [3.8, 4) is 0 Å². The molecular weight excluding hydrogens is 262 g/mol. The molecule has 0 bridgehead atoms. The first kappa shape index (κ1) is 15.9. The highest BCUT2D eigenvalue weighted by molar-refractivity contribution is 7.98. The van der Waals surface area contributed by atoms with Gasteiger partial charge in [-0.25, -0.2) is 0 Å². The van der Waals surface area contributed by atoms with E-state index in [0.717, 1.165) is 18.5 Å². The molecular formula is C18H29NS. The van der Waals surface area contributed by atoms with Gasteiger partial charge in [0.15, 0.2) is 0 Å². The van der Waals surface area contributed by atoms with Crippen LogP contribution >= 0.6 is 11.8 Å². The van der Waals surface area contributed by atoms with Gasteiger partial charge in [-0.2, -0.15) is 11.8 Å². The van der Waals surface area contributed by atoms with Crippen LogP contribution in [0, 0.1) is 19.8 Å². The summed E-state index contributed by atoms with van der Waals surface area (Å²) in [5.41, 5.74) is 4.27. The van der Waals surface area contributed by atoms with Gasteiger partial charge in [0.25, 0.3) is 0 Å². The Hall–Kier alpha value is -0.470. The van der Waals surface area contributed by atoms with Gasteiger partial charge < -0.3 is 5.32 Å². The monoisotopic (exact) mass is 291 g/mol. The van der Waals surface area contributed by atoms with Crippen molar-refractivity contribution >= 4 is 11.8 Å². The van der Waals surface area contributed by atoms with Gasteiger partial charge in [0.05, 0.1) is 0 Å². The third-order valence-corrected chi connectivity index (χ3v) is 5.37. The Balaban J connectivity index is 1.70. The van der Waals surface area contributed by atoms with Crippen molar-refractivity contribution in [3.05, 3.63) is 34.9 Å². The summed E-state index contributed by atoms with van der Waals surface area (Å²) >= 11 is 2.10. The fourth-order valence-corrected chi connectivity index (χ4v) is 4.51. The van der Waals surface area contributed by atoms with E-state index in [2.05, 4.69) is 56.0 Å². The van der Waals surface area contributed by atoms with E-state index in [9.17, 15) is 0 Å². The van der Waals surface area contributed by atoms with Gasteiger partial charge in [-0.05, 0) is 56.9 Å². The van der Waals surface area contributed by atoms with Crippen LogP contribution in [0.25, 0.3) is 0 Å². The molecule has 1 aliphatic carbocycles. The summed E-state index contributed by atoms with van der Waals surface area (Å²) in [5, 5.41) is 3.66. The van der Waals surface area contributed by atoms with Crippen LogP contribution in [-0.2, 0) is 5.75 Å². The standard InChI is InChI=1S/C18H29NS/c1-4-19-18-7-5-6-17(18)8-9-20-13-16-11-14(2)10-15(3)12-16/h10-12,17-19H,4-9,13H2,1-3H3. The highest BCUT2D eigenvalue weighted by Crippen LogP contribution is 2.30. The summed E-state index contributed by atoms with van der Waals surface area (Å²) in [6.45, 7) is 7.74. The van der Waals surface area contributed by atoms with Gasteiger partial charge in [-0.15, -0.1) is 0 Å². The van der Waals surface area contributed by atoms with Crippen molar-refractivity contribution in [1.82, 2.24) is 5.32 Å². The molecule has 0 aromatic heterocycles. The molecule has 1 nitrogen and oxygen atoms in total. The maximum Gasteiger partial charge on any atom is 0.0184 e. The molecule has 1 aliphatic rings. The van der Waals surface area contributed by atoms with Crippen LogP contribution in [-0.4, -0.2) is 18.3 Å². The van der Waals surface area contributed by atoms with Crippen LogP contribution in [0.1, 0.15) is 49.3 Å². The summed E-state index contributed by atoms with van der Waals surface area (Å²) in [7, 11) is 0. The van der Waals surface area contributed by atoms with Crippen molar-refractivity contribution < 1.29 is 0 Å². The van der Waals surface area contributed by atoms with E-state index in [1.165, 1.54) is 53.9 Å². The Morgan fingerprint density at radius 1 is 1.15 bits per heavy atom. The summed E-state index contributed by atoms with van der Waals surface area (Å²) in [4.78, 5) is 0. The van der Waals surface area contributed by atoms with E-state index >= 15 is 0 Å². The molecule has 0 saturated heterocycles. The van der Waals surface area contributed by atoms with Crippen LogP contribution in [0.4, 0.5) is 0 Å². The smallest absolute Gasteiger partial charge is 0.0184 e. The second-order valence-corrected chi connectivity index (χ2v) is 7.30. The number of hydrogen-bond acceptors (Lipinski definition) is 2. The lowest BCUT2D eigenvalue weighted by Crippen LogP contribution is -2.32. The number of hydrogen-bond donors (Lipinski definition) is 1. The van der Waals surface area contributed by atoms with Crippen molar-refractivity contribution in [2.45, 2.75) is 58.2 Å². The second-order valence-electron chi connectivity index (χ2n) is 6.19. The van der Waals surface area contributed by atoms with Crippen LogP contribution in [0.15, 0.2) is 18.2 Å². The Morgan fingerprint density at radius 2 is 1.90 bits per heavy atom. The van der Waals surface area contributed by atoms with Crippen LogP contribution < -0.4 is 5.32 Å². The molecule has 112 valence electrons. The van der Waals surface area contributed by atoms with Crippen LogP contribution in [0.3, 0.4) is 0 Å². The van der Waals surface area contributed by atoms with E-state index < -0.39 is 0 Å².